The Labute approximate surface area is 90.6 Å². The Bertz CT molecular complexity index is 249. The number of nitrogens with zero attached hydrogens (tertiary/aromatic N) is 1. The van der Waals surface area contributed by atoms with Crippen LogP contribution in [0.1, 0.15) is 13.3 Å². The summed E-state index contributed by atoms with van der Waals surface area (Å²) in [6.07, 6.45) is 3.56. The van der Waals surface area contributed by atoms with Crippen LogP contribution < -0.4 is 5.32 Å². The molecular formula is C11H18N2O2. The van der Waals surface area contributed by atoms with Gasteiger partial charge in [-0.15, -0.1) is 13.2 Å². The molecule has 2 amide bonds. The number of amides is 2. The Kier molecular flexibility index (Phi) is 6.97. The molecule has 4 nitrogen and oxygen atoms in total. The van der Waals surface area contributed by atoms with Crippen molar-refractivity contribution in [2.75, 3.05) is 19.6 Å². The maximum atomic E-state index is 11.2. The van der Waals surface area contributed by atoms with Crippen LogP contribution in [0.2, 0.25) is 0 Å². The Hall–Kier alpha value is -1.58. The first-order valence-corrected chi connectivity index (χ1v) is 4.85. The molecule has 0 unspecified atom stereocenters. The van der Waals surface area contributed by atoms with Crippen LogP contribution in [0, 0.1) is 0 Å². The first-order chi connectivity index (χ1) is 7.11. The van der Waals surface area contributed by atoms with E-state index >= 15 is 0 Å². The molecule has 0 saturated carbocycles. The summed E-state index contributed by atoms with van der Waals surface area (Å²) in [4.78, 5) is 23.9. The summed E-state index contributed by atoms with van der Waals surface area (Å²) >= 11 is 0. The first kappa shape index (κ1) is 13.4. The van der Waals surface area contributed by atoms with Crippen molar-refractivity contribution in [3.8, 4) is 0 Å². The number of nitrogens with one attached hydrogen (secondary N) is 1. The van der Waals surface area contributed by atoms with E-state index in [1.807, 2.05) is 0 Å². The number of carbonyl (C=O) groups excluding carboxylic acids is 2. The molecule has 0 radical (unpaired) electrons. The van der Waals surface area contributed by atoms with Crippen molar-refractivity contribution in [1.82, 2.24) is 10.2 Å². The highest BCUT2D eigenvalue weighted by Crippen LogP contribution is 1.93. The predicted octanol–water partition coefficient (Wildman–Crippen LogP) is 0.713. The van der Waals surface area contributed by atoms with E-state index in [9.17, 15) is 9.59 Å². The lowest BCUT2D eigenvalue weighted by Crippen LogP contribution is -2.33. The minimum atomic E-state index is -0.0785. The van der Waals surface area contributed by atoms with E-state index < -0.39 is 0 Å². The minimum absolute atomic E-state index is 0.0496. The van der Waals surface area contributed by atoms with Crippen molar-refractivity contribution >= 4 is 11.8 Å². The van der Waals surface area contributed by atoms with E-state index in [-0.39, 0.29) is 11.8 Å². The molecule has 0 aliphatic rings. The van der Waals surface area contributed by atoms with Gasteiger partial charge in [-0.2, -0.15) is 0 Å². The molecule has 0 spiro atoms. The van der Waals surface area contributed by atoms with E-state index in [0.717, 1.165) is 0 Å². The van der Waals surface area contributed by atoms with E-state index in [1.165, 1.54) is 6.92 Å². The molecule has 0 aliphatic carbocycles. The van der Waals surface area contributed by atoms with Gasteiger partial charge >= 0.3 is 0 Å². The quantitative estimate of drug-likeness (QED) is 0.629. The smallest absolute Gasteiger partial charge is 0.222 e. The van der Waals surface area contributed by atoms with Gasteiger partial charge in [-0.05, 0) is 0 Å². The van der Waals surface area contributed by atoms with Crippen LogP contribution in [0.3, 0.4) is 0 Å². The Morgan fingerprint density at radius 3 is 2.47 bits per heavy atom. The normalized spacial score (nSPS) is 9.13. The van der Waals surface area contributed by atoms with Crippen LogP contribution in [-0.2, 0) is 9.59 Å². The molecule has 0 rings (SSSR count). The first-order valence-electron chi connectivity index (χ1n) is 4.85. The van der Waals surface area contributed by atoms with Crippen molar-refractivity contribution in [3.63, 3.8) is 0 Å². The topological polar surface area (TPSA) is 49.4 Å². The summed E-state index contributed by atoms with van der Waals surface area (Å²) in [5, 5.41) is 2.65. The highest BCUT2D eigenvalue weighted by Gasteiger charge is 2.08. The molecule has 0 bridgehead atoms. The molecule has 0 aliphatic heterocycles. The maximum Gasteiger partial charge on any atom is 0.222 e. The van der Waals surface area contributed by atoms with Crippen molar-refractivity contribution in [2.24, 2.45) is 0 Å². The highest BCUT2D eigenvalue weighted by molar-refractivity contribution is 5.78. The molecule has 0 atom stereocenters. The second kappa shape index (κ2) is 7.79. The predicted molar refractivity (Wildman–Crippen MR) is 60.3 cm³/mol. The van der Waals surface area contributed by atoms with Gasteiger partial charge in [0.1, 0.15) is 0 Å². The van der Waals surface area contributed by atoms with Gasteiger partial charge in [-0.25, -0.2) is 0 Å². The van der Waals surface area contributed by atoms with Crippen LogP contribution >= 0.6 is 0 Å². The number of hydrogen-bond donors (Lipinski definition) is 1. The summed E-state index contributed by atoms with van der Waals surface area (Å²) in [5.41, 5.74) is 0. The van der Waals surface area contributed by atoms with E-state index in [4.69, 9.17) is 0 Å². The highest BCUT2D eigenvalue weighted by atomic mass is 16.2. The number of rotatable bonds is 7. The molecule has 4 heteroatoms. The summed E-state index contributed by atoms with van der Waals surface area (Å²) < 4.78 is 0. The monoisotopic (exact) mass is 210 g/mol. The largest absolute Gasteiger partial charge is 0.353 e. The molecular weight excluding hydrogens is 192 g/mol. The van der Waals surface area contributed by atoms with Gasteiger partial charge in [0.25, 0.3) is 0 Å². The zero-order chi connectivity index (χ0) is 11.7. The van der Waals surface area contributed by atoms with Crippen LogP contribution in [0.4, 0.5) is 0 Å². The molecule has 0 heterocycles. The van der Waals surface area contributed by atoms with Crippen LogP contribution in [0.5, 0.6) is 0 Å². The molecule has 1 N–H and O–H groups in total. The molecule has 0 aromatic carbocycles. The van der Waals surface area contributed by atoms with Crippen LogP contribution in [0.25, 0.3) is 0 Å². The molecule has 15 heavy (non-hydrogen) atoms. The summed E-state index contributed by atoms with van der Waals surface area (Å²) in [6, 6.07) is 0. The fraction of sp³-hybridized carbons (Fsp3) is 0.455. The van der Waals surface area contributed by atoms with Gasteiger partial charge in [0.15, 0.2) is 0 Å². The second-order valence-electron chi connectivity index (χ2n) is 3.10. The lowest BCUT2D eigenvalue weighted by molar-refractivity contribution is -0.129. The van der Waals surface area contributed by atoms with Crippen molar-refractivity contribution < 1.29 is 9.59 Å². The SMILES string of the molecule is C=CCNC(=O)CCN(CC=C)C(C)=O. The molecule has 84 valence electrons. The van der Waals surface area contributed by atoms with Crippen molar-refractivity contribution in [3.05, 3.63) is 25.3 Å². The van der Waals surface area contributed by atoms with Crippen molar-refractivity contribution in [2.45, 2.75) is 13.3 Å². The van der Waals surface area contributed by atoms with Gasteiger partial charge in [0.05, 0.1) is 0 Å². The summed E-state index contributed by atoms with van der Waals surface area (Å²) in [6.45, 7) is 9.88. The minimum Gasteiger partial charge on any atom is -0.353 e. The third-order valence-electron chi connectivity index (χ3n) is 1.85. The zero-order valence-electron chi connectivity index (χ0n) is 9.16. The van der Waals surface area contributed by atoms with E-state index in [2.05, 4.69) is 18.5 Å². The summed E-state index contributed by atoms with van der Waals surface area (Å²) in [7, 11) is 0. The van der Waals surface area contributed by atoms with E-state index in [0.29, 0.717) is 26.1 Å². The molecule has 0 aromatic heterocycles. The Morgan fingerprint density at radius 1 is 1.33 bits per heavy atom. The standard InChI is InChI=1S/C11H18N2O2/c1-4-7-12-11(15)6-9-13(8-5-2)10(3)14/h4-5H,1-2,6-9H2,3H3,(H,12,15). The zero-order valence-corrected chi connectivity index (χ0v) is 9.16. The van der Waals surface area contributed by atoms with Crippen molar-refractivity contribution in [1.29, 1.82) is 0 Å². The number of hydrogen-bond acceptors (Lipinski definition) is 2. The summed E-state index contributed by atoms with van der Waals surface area (Å²) in [5.74, 6) is -0.128. The number of carbonyl (C=O) groups is 2. The maximum absolute atomic E-state index is 11.2. The lowest BCUT2D eigenvalue weighted by Gasteiger charge is -2.18. The van der Waals surface area contributed by atoms with Crippen LogP contribution in [0.15, 0.2) is 25.3 Å². The molecule has 0 saturated heterocycles. The average molecular weight is 210 g/mol. The van der Waals surface area contributed by atoms with Gasteiger partial charge in [0, 0.05) is 33.0 Å². The third kappa shape index (κ3) is 6.49. The third-order valence-corrected chi connectivity index (χ3v) is 1.85. The molecule has 0 aromatic rings. The van der Waals surface area contributed by atoms with Crippen LogP contribution in [-0.4, -0.2) is 36.3 Å². The fourth-order valence-electron chi connectivity index (χ4n) is 1.04. The lowest BCUT2D eigenvalue weighted by atomic mass is 10.3. The van der Waals surface area contributed by atoms with Gasteiger partial charge in [-0.3, -0.25) is 9.59 Å². The fourth-order valence-corrected chi connectivity index (χ4v) is 1.04. The van der Waals surface area contributed by atoms with Gasteiger partial charge in [0.2, 0.25) is 11.8 Å². The second-order valence-corrected chi connectivity index (χ2v) is 3.10. The average Bonchev–Trinajstić information content (AvgIpc) is 2.20. The Morgan fingerprint density at radius 2 is 2.00 bits per heavy atom. The van der Waals surface area contributed by atoms with Gasteiger partial charge in [-0.1, -0.05) is 12.2 Å². The Balaban J connectivity index is 3.87. The molecule has 0 fully saturated rings. The van der Waals surface area contributed by atoms with Gasteiger partial charge < -0.3 is 10.2 Å². The van der Waals surface area contributed by atoms with E-state index in [1.54, 1.807) is 17.1 Å².